The van der Waals surface area contributed by atoms with E-state index in [9.17, 15) is 9.59 Å². The van der Waals surface area contributed by atoms with E-state index in [1.165, 1.54) is 0 Å². The summed E-state index contributed by atoms with van der Waals surface area (Å²) in [5.41, 5.74) is 7.70. The van der Waals surface area contributed by atoms with Crippen molar-refractivity contribution in [3.05, 3.63) is 59.4 Å². The van der Waals surface area contributed by atoms with E-state index >= 15 is 0 Å². The van der Waals surface area contributed by atoms with E-state index in [4.69, 9.17) is 4.74 Å². The van der Waals surface area contributed by atoms with E-state index in [1.54, 1.807) is 12.4 Å². The summed E-state index contributed by atoms with van der Waals surface area (Å²) in [7, 11) is 0. The van der Waals surface area contributed by atoms with Crippen molar-refractivity contribution in [2.24, 2.45) is 0 Å². The summed E-state index contributed by atoms with van der Waals surface area (Å²) in [6.45, 7) is 3.70. The summed E-state index contributed by atoms with van der Waals surface area (Å²) in [5, 5.41) is 0. The first kappa shape index (κ1) is 17.5. The zero-order valence-electron chi connectivity index (χ0n) is 13.8. The molecule has 1 aromatic carbocycles. The molecule has 6 nitrogen and oxygen atoms in total. The Kier molecular flexibility index (Phi) is 6.31. The molecule has 2 N–H and O–H groups in total. The van der Waals surface area contributed by atoms with Crippen molar-refractivity contribution in [2.75, 3.05) is 6.61 Å². The second kappa shape index (κ2) is 8.67. The lowest BCUT2D eigenvalue weighted by Crippen LogP contribution is -2.43. The number of ether oxygens (including phenoxy) is 1. The van der Waals surface area contributed by atoms with E-state index in [0.29, 0.717) is 12.2 Å². The Balaban J connectivity index is 1.69. The third-order valence-electron chi connectivity index (χ3n) is 3.41. The molecule has 0 aliphatic carbocycles. The van der Waals surface area contributed by atoms with Crippen LogP contribution in [-0.2, 0) is 16.0 Å². The van der Waals surface area contributed by atoms with E-state index in [-0.39, 0.29) is 18.9 Å². The minimum atomic E-state index is -0.411. The van der Waals surface area contributed by atoms with Gasteiger partial charge < -0.3 is 4.74 Å². The Labute approximate surface area is 141 Å². The molecule has 0 atom stereocenters. The van der Waals surface area contributed by atoms with Crippen LogP contribution in [0, 0.1) is 13.8 Å². The van der Waals surface area contributed by atoms with Crippen molar-refractivity contribution < 1.29 is 14.3 Å². The van der Waals surface area contributed by atoms with Crippen molar-refractivity contribution in [2.45, 2.75) is 26.7 Å². The monoisotopic (exact) mass is 327 g/mol. The lowest BCUT2D eigenvalue weighted by atomic mass is 10.1. The summed E-state index contributed by atoms with van der Waals surface area (Å²) < 4.78 is 5.47. The number of hydrogen-bond donors (Lipinski definition) is 2. The minimum absolute atomic E-state index is 0.160. The number of benzene rings is 1. The number of amides is 2. The molecule has 0 spiro atoms. The van der Waals surface area contributed by atoms with Gasteiger partial charge in [0.25, 0.3) is 5.91 Å². The Morgan fingerprint density at radius 1 is 1.12 bits per heavy atom. The third-order valence-corrected chi connectivity index (χ3v) is 3.41. The standard InChI is InChI=1S/C18H21N3O3/c1-13-5-6-14(2)16(10-13)24-12-18(23)21-20-17(22)8-7-15-4-3-9-19-11-15/h3-6,9-11H,7-8,12H2,1-2H3,(H,20,22)(H,21,23). The molecule has 2 amide bonds. The predicted octanol–water partition coefficient (Wildman–Crippen LogP) is 1.86. The van der Waals surface area contributed by atoms with Gasteiger partial charge >= 0.3 is 0 Å². The number of carbonyl (C=O) groups is 2. The lowest BCUT2D eigenvalue weighted by Gasteiger charge is -2.11. The number of nitrogens with one attached hydrogen (secondary N) is 2. The third kappa shape index (κ3) is 5.72. The number of aromatic nitrogens is 1. The number of aryl methyl sites for hydroxylation is 3. The molecule has 0 aliphatic heterocycles. The number of hydrogen-bond acceptors (Lipinski definition) is 4. The fraction of sp³-hybridized carbons (Fsp3) is 0.278. The molecule has 0 aliphatic rings. The van der Waals surface area contributed by atoms with Gasteiger partial charge in [-0.25, -0.2) is 0 Å². The highest BCUT2D eigenvalue weighted by Gasteiger charge is 2.07. The van der Waals surface area contributed by atoms with Crippen LogP contribution in [0.3, 0.4) is 0 Å². The number of carbonyl (C=O) groups excluding carboxylic acids is 2. The molecule has 2 aromatic rings. The second-order valence-electron chi connectivity index (χ2n) is 5.52. The average Bonchev–Trinajstić information content (AvgIpc) is 2.59. The van der Waals surface area contributed by atoms with Crippen molar-refractivity contribution >= 4 is 11.8 Å². The number of hydrazine groups is 1. The van der Waals surface area contributed by atoms with Gasteiger partial charge in [0.05, 0.1) is 0 Å². The second-order valence-corrected chi connectivity index (χ2v) is 5.52. The fourth-order valence-corrected chi connectivity index (χ4v) is 2.05. The highest BCUT2D eigenvalue weighted by Crippen LogP contribution is 2.18. The van der Waals surface area contributed by atoms with Gasteiger partial charge in [-0.15, -0.1) is 0 Å². The smallest absolute Gasteiger partial charge is 0.276 e. The Morgan fingerprint density at radius 2 is 1.92 bits per heavy atom. The first-order chi connectivity index (χ1) is 11.5. The summed E-state index contributed by atoms with van der Waals surface area (Å²) in [6.07, 6.45) is 4.22. The molecule has 0 radical (unpaired) electrons. The highest BCUT2D eigenvalue weighted by molar-refractivity contribution is 5.82. The first-order valence-electron chi connectivity index (χ1n) is 7.71. The maximum absolute atomic E-state index is 11.7. The molecule has 0 fully saturated rings. The maximum atomic E-state index is 11.7. The molecule has 1 aromatic heterocycles. The SMILES string of the molecule is Cc1ccc(C)c(OCC(=O)NNC(=O)CCc2cccnc2)c1. The highest BCUT2D eigenvalue weighted by atomic mass is 16.5. The quantitative estimate of drug-likeness (QED) is 0.794. The normalized spacial score (nSPS) is 10.1. The van der Waals surface area contributed by atoms with Gasteiger partial charge in [0.15, 0.2) is 6.61 Å². The molecule has 0 bridgehead atoms. The van der Waals surface area contributed by atoms with Crippen LogP contribution >= 0.6 is 0 Å². The van der Waals surface area contributed by atoms with Crippen molar-refractivity contribution in [1.82, 2.24) is 15.8 Å². The predicted molar refractivity (Wildman–Crippen MR) is 90.3 cm³/mol. The van der Waals surface area contributed by atoms with Gasteiger partial charge in [-0.05, 0) is 49.1 Å². The molecular weight excluding hydrogens is 306 g/mol. The maximum Gasteiger partial charge on any atom is 0.276 e. The van der Waals surface area contributed by atoms with Crippen LogP contribution < -0.4 is 15.6 Å². The molecule has 1 heterocycles. The molecule has 6 heteroatoms. The molecule has 2 rings (SSSR count). The average molecular weight is 327 g/mol. The zero-order valence-corrected chi connectivity index (χ0v) is 13.8. The van der Waals surface area contributed by atoms with Crippen LogP contribution in [0.2, 0.25) is 0 Å². The van der Waals surface area contributed by atoms with Crippen LogP contribution in [0.5, 0.6) is 5.75 Å². The topological polar surface area (TPSA) is 80.3 Å². The van der Waals surface area contributed by atoms with Crippen LogP contribution in [-0.4, -0.2) is 23.4 Å². The van der Waals surface area contributed by atoms with Crippen LogP contribution in [0.25, 0.3) is 0 Å². The molecule has 0 saturated carbocycles. The van der Waals surface area contributed by atoms with Crippen molar-refractivity contribution in [3.8, 4) is 5.75 Å². The van der Waals surface area contributed by atoms with Crippen LogP contribution in [0.15, 0.2) is 42.7 Å². The van der Waals surface area contributed by atoms with Gasteiger partial charge in [0.2, 0.25) is 5.91 Å². The summed E-state index contributed by atoms with van der Waals surface area (Å²) in [4.78, 5) is 27.4. The fourth-order valence-electron chi connectivity index (χ4n) is 2.05. The largest absolute Gasteiger partial charge is 0.483 e. The molecule has 24 heavy (non-hydrogen) atoms. The molecule has 0 unspecified atom stereocenters. The van der Waals surface area contributed by atoms with E-state index < -0.39 is 5.91 Å². The van der Waals surface area contributed by atoms with Gasteiger partial charge in [0.1, 0.15) is 5.75 Å². The zero-order chi connectivity index (χ0) is 17.4. The molecule has 0 saturated heterocycles. The Bertz CT molecular complexity index is 702. The number of rotatable bonds is 6. The van der Waals surface area contributed by atoms with Crippen LogP contribution in [0.4, 0.5) is 0 Å². The lowest BCUT2D eigenvalue weighted by molar-refractivity contribution is -0.130. The Hall–Kier alpha value is -2.89. The number of pyridine rings is 1. The minimum Gasteiger partial charge on any atom is -0.483 e. The van der Waals surface area contributed by atoms with E-state index in [1.807, 2.05) is 44.2 Å². The van der Waals surface area contributed by atoms with Gasteiger partial charge in [0, 0.05) is 18.8 Å². The summed E-state index contributed by atoms with van der Waals surface area (Å²) in [5.74, 6) is -0.0161. The van der Waals surface area contributed by atoms with Crippen LogP contribution in [0.1, 0.15) is 23.1 Å². The Morgan fingerprint density at radius 3 is 2.67 bits per heavy atom. The number of nitrogens with zero attached hydrogens (tertiary/aromatic N) is 1. The first-order valence-corrected chi connectivity index (χ1v) is 7.71. The van der Waals surface area contributed by atoms with Gasteiger partial charge in [-0.2, -0.15) is 0 Å². The van der Waals surface area contributed by atoms with Gasteiger partial charge in [-0.1, -0.05) is 18.2 Å². The van der Waals surface area contributed by atoms with Gasteiger partial charge in [-0.3, -0.25) is 25.4 Å². The van der Waals surface area contributed by atoms with Crippen molar-refractivity contribution in [3.63, 3.8) is 0 Å². The van der Waals surface area contributed by atoms with E-state index in [2.05, 4.69) is 15.8 Å². The summed E-state index contributed by atoms with van der Waals surface area (Å²) in [6, 6.07) is 9.50. The summed E-state index contributed by atoms with van der Waals surface area (Å²) >= 11 is 0. The van der Waals surface area contributed by atoms with E-state index in [0.717, 1.165) is 16.7 Å². The van der Waals surface area contributed by atoms with Crippen molar-refractivity contribution in [1.29, 1.82) is 0 Å². The molecule has 126 valence electrons. The molecular formula is C18H21N3O3.